The minimum atomic E-state index is -4.39. The van der Waals surface area contributed by atoms with Gasteiger partial charge in [0.25, 0.3) is 11.8 Å². The first-order chi connectivity index (χ1) is 20.7. The number of alkyl halides is 3. The predicted octanol–water partition coefficient (Wildman–Crippen LogP) is 5.91. The van der Waals surface area contributed by atoms with Gasteiger partial charge in [0.05, 0.1) is 24.3 Å². The predicted molar refractivity (Wildman–Crippen MR) is 152 cm³/mol. The van der Waals surface area contributed by atoms with Crippen molar-refractivity contribution in [1.29, 1.82) is 0 Å². The highest BCUT2D eigenvalue weighted by Gasteiger charge is 2.31. The number of piperidine rings is 1. The first kappa shape index (κ1) is 30.2. The maximum absolute atomic E-state index is 13.0. The first-order valence-electron chi connectivity index (χ1n) is 14.4. The summed E-state index contributed by atoms with van der Waals surface area (Å²) < 4.78 is 55.4. The molecule has 0 spiro atoms. The molecule has 2 fully saturated rings. The molecule has 0 radical (unpaired) electrons. The zero-order valence-corrected chi connectivity index (χ0v) is 23.8. The molecule has 1 N–H and O–H groups in total. The third-order valence-corrected chi connectivity index (χ3v) is 7.83. The Morgan fingerprint density at radius 3 is 1.88 bits per heavy atom. The summed E-state index contributed by atoms with van der Waals surface area (Å²) in [4.78, 5) is 31.7. The SMILES string of the molecule is COc1ccc(O[C@H]2CC[C@@H](NC(=O)c3ccc(C(=O)N4CCC(Oc5ccc(C(F)(F)F)cc5)CC4)cn3)CC2)cc1. The molecule has 5 rings (SSSR count). The number of nitrogens with one attached hydrogen (secondary N) is 1. The molecular formula is C32H34F3N3O5. The van der Waals surface area contributed by atoms with Crippen molar-refractivity contribution in [3.63, 3.8) is 0 Å². The minimum absolute atomic E-state index is 0.0254. The second kappa shape index (κ2) is 13.4. The van der Waals surface area contributed by atoms with Crippen molar-refractivity contribution in [3.8, 4) is 17.2 Å². The molecule has 3 aromatic rings. The van der Waals surface area contributed by atoms with Crippen LogP contribution in [0, 0.1) is 0 Å². The van der Waals surface area contributed by atoms with Crippen LogP contribution in [0.3, 0.4) is 0 Å². The number of carbonyl (C=O) groups excluding carboxylic acids is 2. The molecule has 0 unspecified atom stereocenters. The van der Waals surface area contributed by atoms with Crippen LogP contribution in [0.4, 0.5) is 13.2 Å². The Bertz CT molecular complexity index is 1370. The number of hydrogen-bond acceptors (Lipinski definition) is 6. The lowest BCUT2D eigenvalue weighted by Gasteiger charge is -2.32. The fourth-order valence-corrected chi connectivity index (χ4v) is 5.36. The Hall–Kier alpha value is -4.28. The van der Waals surface area contributed by atoms with Gasteiger partial charge in [-0.1, -0.05) is 0 Å². The molecule has 43 heavy (non-hydrogen) atoms. The van der Waals surface area contributed by atoms with Gasteiger partial charge in [-0.05, 0) is 86.3 Å². The number of halogens is 3. The van der Waals surface area contributed by atoms with Crippen molar-refractivity contribution in [2.45, 2.75) is 63.0 Å². The number of carbonyl (C=O) groups is 2. The van der Waals surface area contributed by atoms with E-state index in [0.29, 0.717) is 37.2 Å². The molecule has 1 saturated carbocycles. The molecule has 0 bridgehead atoms. The van der Waals surface area contributed by atoms with Crippen LogP contribution in [0.5, 0.6) is 17.2 Å². The summed E-state index contributed by atoms with van der Waals surface area (Å²) in [7, 11) is 1.62. The van der Waals surface area contributed by atoms with E-state index >= 15 is 0 Å². The van der Waals surface area contributed by atoms with Crippen LogP contribution < -0.4 is 19.5 Å². The smallest absolute Gasteiger partial charge is 0.416 e. The Morgan fingerprint density at radius 2 is 1.35 bits per heavy atom. The van der Waals surface area contributed by atoms with E-state index in [1.807, 2.05) is 24.3 Å². The van der Waals surface area contributed by atoms with Gasteiger partial charge in [0.2, 0.25) is 0 Å². The topological polar surface area (TPSA) is 90.0 Å². The number of benzene rings is 2. The number of hydrogen-bond donors (Lipinski definition) is 1. The van der Waals surface area contributed by atoms with Gasteiger partial charge >= 0.3 is 6.18 Å². The second-order valence-electron chi connectivity index (χ2n) is 10.8. The second-order valence-corrected chi connectivity index (χ2v) is 10.8. The van der Waals surface area contributed by atoms with Crippen LogP contribution in [0.1, 0.15) is 64.9 Å². The van der Waals surface area contributed by atoms with Gasteiger partial charge in [-0.2, -0.15) is 13.2 Å². The van der Waals surface area contributed by atoms with Gasteiger partial charge in [0.15, 0.2) is 0 Å². The number of aromatic nitrogens is 1. The molecule has 2 heterocycles. The molecule has 1 saturated heterocycles. The van der Waals surface area contributed by atoms with Crippen LogP contribution >= 0.6 is 0 Å². The van der Waals surface area contributed by atoms with E-state index in [0.717, 1.165) is 49.3 Å². The van der Waals surface area contributed by atoms with E-state index in [1.165, 1.54) is 18.3 Å². The number of methoxy groups -OCH3 is 1. The molecule has 1 aromatic heterocycles. The lowest BCUT2D eigenvalue weighted by atomic mass is 9.92. The van der Waals surface area contributed by atoms with Crippen molar-refractivity contribution < 1.29 is 37.0 Å². The van der Waals surface area contributed by atoms with E-state index in [4.69, 9.17) is 14.2 Å². The molecule has 2 aliphatic rings. The number of amides is 2. The molecular weight excluding hydrogens is 563 g/mol. The maximum Gasteiger partial charge on any atom is 0.416 e. The van der Waals surface area contributed by atoms with Crippen molar-refractivity contribution in [3.05, 3.63) is 83.7 Å². The van der Waals surface area contributed by atoms with Gasteiger partial charge in [0.1, 0.15) is 29.0 Å². The Balaban J connectivity index is 1.04. The van der Waals surface area contributed by atoms with Gasteiger partial charge in [-0.3, -0.25) is 14.6 Å². The van der Waals surface area contributed by atoms with Gasteiger partial charge in [-0.15, -0.1) is 0 Å². The first-order valence-corrected chi connectivity index (χ1v) is 14.4. The summed E-state index contributed by atoms with van der Waals surface area (Å²) in [5, 5.41) is 3.04. The molecule has 228 valence electrons. The average molecular weight is 598 g/mol. The summed E-state index contributed by atoms with van der Waals surface area (Å²) in [5.74, 6) is 1.47. The normalized spacial score (nSPS) is 19.4. The van der Waals surface area contributed by atoms with Gasteiger partial charge in [0, 0.05) is 38.2 Å². The lowest BCUT2D eigenvalue weighted by Crippen LogP contribution is -2.42. The fourth-order valence-electron chi connectivity index (χ4n) is 5.36. The highest BCUT2D eigenvalue weighted by Crippen LogP contribution is 2.31. The average Bonchev–Trinajstić information content (AvgIpc) is 3.02. The van der Waals surface area contributed by atoms with Crippen LogP contribution in [-0.4, -0.2) is 60.1 Å². The molecule has 2 aromatic carbocycles. The van der Waals surface area contributed by atoms with Crippen molar-refractivity contribution in [1.82, 2.24) is 15.2 Å². The Morgan fingerprint density at radius 1 is 0.791 bits per heavy atom. The van der Waals surface area contributed by atoms with E-state index in [-0.39, 0.29) is 35.8 Å². The highest BCUT2D eigenvalue weighted by molar-refractivity contribution is 5.96. The summed E-state index contributed by atoms with van der Waals surface area (Å²) in [6.45, 7) is 0.883. The van der Waals surface area contributed by atoms with Crippen molar-refractivity contribution in [2.75, 3.05) is 20.2 Å². The number of pyridine rings is 1. The van der Waals surface area contributed by atoms with E-state index in [9.17, 15) is 22.8 Å². The summed E-state index contributed by atoms with van der Waals surface area (Å²) >= 11 is 0. The standard InChI is InChI=1S/C32H34F3N3O5/c1-41-24-11-13-27(14-12-24)42-26-9-5-23(6-10-26)37-30(39)29-15-2-21(20-36-29)31(40)38-18-16-28(17-19-38)43-25-7-3-22(4-8-25)32(33,34)35/h2-4,7-8,11-15,20,23,26,28H,5-6,9-10,16-19H2,1H3,(H,37,39)/t23-,26+. The van der Waals surface area contributed by atoms with Crippen LogP contribution in [0.15, 0.2) is 66.9 Å². The molecule has 2 amide bonds. The highest BCUT2D eigenvalue weighted by atomic mass is 19.4. The van der Waals surface area contributed by atoms with Gasteiger partial charge in [-0.25, -0.2) is 0 Å². The monoisotopic (exact) mass is 597 g/mol. The number of likely N-dealkylation sites (tertiary alicyclic amines) is 1. The molecule has 11 heteroatoms. The van der Waals surface area contributed by atoms with E-state index in [2.05, 4.69) is 10.3 Å². The zero-order chi connectivity index (χ0) is 30.4. The third-order valence-electron chi connectivity index (χ3n) is 7.83. The molecule has 8 nitrogen and oxygen atoms in total. The summed E-state index contributed by atoms with van der Waals surface area (Å²) in [5.41, 5.74) is -0.0945. The van der Waals surface area contributed by atoms with Crippen LogP contribution in [0.25, 0.3) is 0 Å². The van der Waals surface area contributed by atoms with Crippen molar-refractivity contribution >= 4 is 11.8 Å². The minimum Gasteiger partial charge on any atom is -0.497 e. The third kappa shape index (κ3) is 7.97. The van der Waals surface area contributed by atoms with Crippen LogP contribution in [-0.2, 0) is 6.18 Å². The van der Waals surface area contributed by atoms with Gasteiger partial charge < -0.3 is 24.4 Å². The fraction of sp³-hybridized carbons (Fsp3) is 0.406. The number of rotatable bonds is 8. The van der Waals surface area contributed by atoms with E-state index < -0.39 is 11.7 Å². The number of nitrogens with zero attached hydrogens (tertiary/aromatic N) is 2. The molecule has 1 aliphatic heterocycles. The summed E-state index contributed by atoms with van der Waals surface area (Å²) in [6, 6.07) is 15.3. The van der Waals surface area contributed by atoms with Crippen LogP contribution in [0.2, 0.25) is 0 Å². The molecule has 0 atom stereocenters. The summed E-state index contributed by atoms with van der Waals surface area (Å²) in [6.07, 6.45) is 1.25. The number of ether oxygens (including phenoxy) is 3. The zero-order valence-electron chi connectivity index (χ0n) is 23.8. The largest absolute Gasteiger partial charge is 0.497 e. The van der Waals surface area contributed by atoms with Crippen molar-refractivity contribution in [2.24, 2.45) is 0 Å². The Labute approximate surface area is 248 Å². The quantitative estimate of drug-likeness (QED) is 0.347. The Kier molecular flexibility index (Phi) is 9.37. The lowest BCUT2D eigenvalue weighted by molar-refractivity contribution is -0.137. The maximum atomic E-state index is 13.0. The molecule has 1 aliphatic carbocycles. The van der Waals surface area contributed by atoms with E-state index in [1.54, 1.807) is 24.1 Å².